The van der Waals surface area contributed by atoms with Crippen molar-refractivity contribution in [1.29, 1.82) is 0 Å². The minimum Gasteiger partial charge on any atom is -0.481 e. The van der Waals surface area contributed by atoms with Gasteiger partial charge < -0.3 is 10.0 Å². The molecule has 0 fully saturated rings. The zero-order chi connectivity index (χ0) is 15.3. The molecule has 1 aromatic carbocycles. The molecule has 1 unspecified atom stereocenters. The van der Waals surface area contributed by atoms with E-state index in [9.17, 15) is 9.90 Å². The molecular formula is C17H20N2O2. The van der Waals surface area contributed by atoms with Crippen LogP contribution in [-0.2, 0) is 16.8 Å². The second-order valence-corrected chi connectivity index (χ2v) is 5.53. The lowest BCUT2D eigenvalue weighted by Crippen LogP contribution is -2.43. The maximum Gasteiger partial charge on any atom is 0.315 e. The highest BCUT2D eigenvalue weighted by atomic mass is 16.4. The Morgan fingerprint density at radius 1 is 1.19 bits per heavy atom. The summed E-state index contributed by atoms with van der Waals surface area (Å²) in [5, 5.41) is 9.66. The van der Waals surface area contributed by atoms with Gasteiger partial charge >= 0.3 is 5.97 Å². The number of hydrogen-bond donors (Lipinski definition) is 1. The third-order valence-corrected chi connectivity index (χ3v) is 3.67. The van der Waals surface area contributed by atoms with Crippen molar-refractivity contribution in [2.45, 2.75) is 18.9 Å². The van der Waals surface area contributed by atoms with E-state index >= 15 is 0 Å². The summed E-state index contributed by atoms with van der Waals surface area (Å²) >= 11 is 0. The molecule has 0 bridgehead atoms. The van der Waals surface area contributed by atoms with Crippen molar-refractivity contribution in [2.75, 3.05) is 13.6 Å². The van der Waals surface area contributed by atoms with Crippen LogP contribution in [0, 0.1) is 0 Å². The van der Waals surface area contributed by atoms with Gasteiger partial charge in [-0.1, -0.05) is 30.3 Å². The number of carbonyl (C=O) groups is 1. The minimum atomic E-state index is -0.928. The van der Waals surface area contributed by atoms with Crippen LogP contribution in [0.3, 0.4) is 0 Å². The van der Waals surface area contributed by atoms with Crippen molar-refractivity contribution in [1.82, 2.24) is 9.88 Å². The second-order valence-electron chi connectivity index (χ2n) is 5.53. The fourth-order valence-electron chi connectivity index (χ4n) is 2.48. The normalized spacial score (nSPS) is 13.9. The van der Waals surface area contributed by atoms with Crippen molar-refractivity contribution in [3.8, 4) is 0 Å². The van der Waals surface area contributed by atoms with Crippen molar-refractivity contribution in [3.05, 3.63) is 66.0 Å². The summed E-state index contributed by atoms with van der Waals surface area (Å²) in [4.78, 5) is 17.8. The van der Waals surface area contributed by atoms with E-state index in [1.165, 1.54) is 0 Å². The Morgan fingerprint density at radius 2 is 1.81 bits per heavy atom. The van der Waals surface area contributed by atoms with E-state index in [4.69, 9.17) is 0 Å². The van der Waals surface area contributed by atoms with Gasteiger partial charge in [0.1, 0.15) is 5.41 Å². The van der Waals surface area contributed by atoms with E-state index in [-0.39, 0.29) is 0 Å². The lowest BCUT2D eigenvalue weighted by atomic mass is 9.82. The molecule has 1 aromatic heterocycles. The van der Waals surface area contributed by atoms with E-state index in [1.807, 2.05) is 54.4 Å². The highest BCUT2D eigenvalue weighted by Crippen LogP contribution is 2.25. The smallest absolute Gasteiger partial charge is 0.315 e. The summed E-state index contributed by atoms with van der Waals surface area (Å²) in [5.74, 6) is -0.810. The zero-order valence-electron chi connectivity index (χ0n) is 12.4. The Hall–Kier alpha value is -2.20. The van der Waals surface area contributed by atoms with Gasteiger partial charge in [-0.05, 0) is 37.2 Å². The Kier molecular flexibility index (Phi) is 4.70. The fourth-order valence-corrected chi connectivity index (χ4v) is 2.48. The molecule has 0 spiro atoms. The zero-order valence-corrected chi connectivity index (χ0v) is 12.4. The molecule has 0 radical (unpaired) electrons. The van der Waals surface area contributed by atoms with E-state index in [0.717, 1.165) is 11.1 Å². The van der Waals surface area contributed by atoms with E-state index in [0.29, 0.717) is 13.1 Å². The van der Waals surface area contributed by atoms with Gasteiger partial charge in [-0.3, -0.25) is 9.78 Å². The molecule has 0 saturated heterocycles. The first kappa shape index (κ1) is 15.2. The lowest BCUT2D eigenvalue weighted by Gasteiger charge is -2.30. The van der Waals surface area contributed by atoms with Crippen molar-refractivity contribution in [2.24, 2.45) is 0 Å². The maximum absolute atomic E-state index is 11.8. The summed E-state index contributed by atoms with van der Waals surface area (Å²) in [6, 6.07) is 13.3. The van der Waals surface area contributed by atoms with Crippen LogP contribution in [0.25, 0.3) is 0 Å². The molecule has 0 saturated carbocycles. The maximum atomic E-state index is 11.8. The minimum absolute atomic E-state index is 0.439. The average molecular weight is 284 g/mol. The molecular weight excluding hydrogens is 264 g/mol. The quantitative estimate of drug-likeness (QED) is 0.885. The highest BCUT2D eigenvalue weighted by molar-refractivity contribution is 5.81. The van der Waals surface area contributed by atoms with Crippen LogP contribution in [0.4, 0.5) is 0 Å². The molecule has 4 heteroatoms. The number of hydrogen-bond acceptors (Lipinski definition) is 3. The number of aromatic nitrogens is 1. The predicted molar refractivity (Wildman–Crippen MR) is 82.0 cm³/mol. The van der Waals surface area contributed by atoms with Gasteiger partial charge in [-0.15, -0.1) is 0 Å². The van der Waals surface area contributed by atoms with Gasteiger partial charge in [-0.25, -0.2) is 0 Å². The first-order chi connectivity index (χ1) is 10.0. The Balaban J connectivity index is 2.15. The van der Waals surface area contributed by atoms with Gasteiger partial charge in [0.15, 0.2) is 0 Å². The summed E-state index contributed by atoms with van der Waals surface area (Å²) in [5.41, 5.74) is 1.01. The number of likely N-dealkylation sites (N-methyl/N-ethyl adjacent to an activating group) is 1. The molecule has 1 atom stereocenters. The van der Waals surface area contributed by atoms with Crippen LogP contribution in [0.1, 0.15) is 18.1 Å². The molecule has 1 heterocycles. The number of aliphatic carboxylic acids is 1. The van der Waals surface area contributed by atoms with Crippen LogP contribution in [0.5, 0.6) is 0 Å². The van der Waals surface area contributed by atoms with Crippen molar-refractivity contribution in [3.63, 3.8) is 0 Å². The third kappa shape index (κ3) is 3.67. The number of pyridine rings is 1. The molecule has 2 rings (SSSR count). The second kappa shape index (κ2) is 6.50. The third-order valence-electron chi connectivity index (χ3n) is 3.67. The first-order valence-corrected chi connectivity index (χ1v) is 6.89. The SMILES string of the molecule is CN(Cc1ccncc1)CC(C)(C(=O)O)c1ccccc1. The molecule has 0 aliphatic rings. The molecule has 0 amide bonds. The number of benzene rings is 1. The Labute approximate surface area is 125 Å². The molecule has 110 valence electrons. The Bertz CT molecular complexity index is 586. The lowest BCUT2D eigenvalue weighted by molar-refractivity contribution is -0.144. The van der Waals surface area contributed by atoms with E-state index in [1.54, 1.807) is 19.3 Å². The summed E-state index contributed by atoms with van der Waals surface area (Å²) in [6.07, 6.45) is 3.49. The van der Waals surface area contributed by atoms with Gasteiger partial charge in [-0.2, -0.15) is 0 Å². The van der Waals surface area contributed by atoms with Gasteiger partial charge in [0.25, 0.3) is 0 Å². The van der Waals surface area contributed by atoms with Crippen LogP contribution in [0.2, 0.25) is 0 Å². The van der Waals surface area contributed by atoms with Crippen molar-refractivity contribution >= 4 is 5.97 Å². The summed E-state index contributed by atoms with van der Waals surface area (Å²) in [7, 11) is 1.94. The van der Waals surface area contributed by atoms with E-state index in [2.05, 4.69) is 4.98 Å². The number of carboxylic acids is 1. The van der Waals surface area contributed by atoms with Crippen LogP contribution < -0.4 is 0 Å². The molecule has 4 nitrogen and oxygen atoms in total. The van der Waals surface area contributed by atoms with Crippen LogP contribution >= 0.6 is 0 Å². The van der Waals surface area contributed by atoms with Gasteiger partial charge in [0, 0.05) is 25.5 Å². The molecule has 0 aliphatic carbocycles. The van der Waals surface area contributed by atoms with E-state index < -0.39 is 11.4 Å². The van der Waals surface area contributed by atoms with Crippen LogP contribution in [-0.4, -0.2) is 34.6 Å². The van der Waals surface area contributed by atoms with Gasteiger partial charge in [0.2, 0.25) is 0 Å². The molecule has 1 N–H and O–H groups in total. The fraction of sp³-hybridized carbons (Fsp3) is 0.294. The summed E-state index contributed by atoms with van der Waals surface area (Å²) < 4.78 is 0. The van der Waals surface area contributed by atoms with Crippen LogP contribution in [0.15, 0.2) is 54.9 Å². The molecule has 0 aliphatic heterocycles. The highest BCUT2D eigenvalue weighted by Gasteiger charge is 2.36. The standard InChI is InChI=1S/C17H20N2O2/c1-17(16(20)21,15-6-4-3-5-7-15)13-19(2)12-14-8-10-18-11-9-14/h3-11H,12-13H2,1-2H3,(H,20,21). The topological polar surface area (TPSA) is 53.4 Å². The van der Waals surface area contributed by atoms with Crippen molar-refractivity contribution < 1.29 is 9.90 Å². The molecule has 2 aromatic rings. The number of nitrogens with zero attached hydrogens (tertiary/aromatic N) is 2. The summed E-state index contributed by atoms with van der Waals surface area (Å²) in [6.45, 7) is 2.90. The Morgan fingerprint density at radius 3 is 2.38 bits per heavy atom. The van der Waals surface area contributed by atoms with Gasteiger partial charge in [0.05, 0.1) is 0 Å². The number of rotatable bonds is 6. The first-order valence-electron chi connectivity index (χ1n) is 6.89. The molecule has 21 heavy (non-hydrogen) atoms. The average Bonchev–Trinajstić information content (AvgIpc) is 2.48. The monoisotopic (exact) mass is 284 g/mol. The largest absolute Gasteiger partial charge is 0.481 e. The predicted octanol–water partition coefficient (Wildman–Crippen LogP) is 2.56. The number of carboxylic acid groups (broad SMARTS) is 1.